The fraction of sp³-hybridized carbons (Fsp3) is 0.722. The molecule has 0 aliphatic heterocycles. The predicted octanol–water partition coefficient (Wildman–Crippen LogP) is 4.28. The van der Waals surface area contributed by atoms with Crippen molar-refractivity contribution >= 4 is 11.4 Å². The topological polar surface area (TPSA) is 48.4 Å². The summed E-state index contributed by atoms with van der Waals surface area (Å²) in [6.07, 6.45) is 3.13. The second-order valence-electron chi connectivity index (χ2n) is 6.76. The van der Waals surface area contributed by atoms with E-state index in [9.17, 15) is 4.55 Å². The van der Waals surface area contributed by atoms with Crippen molar-refractivity contribution in [2.45, 2.75) is 71.6 Å². The summed E-state index contributed by atoms with van der Waals surface area (Å²) >= 11 is -1.06. The molecule has 0 aromatic carbocycles. The van der Waals surface area contributed by atoms with Crippen molar-refractivity contribution in [3.8, 4) is 5.75 Å². The number of rotatable bonds is 8. The maximum absolute atomic E-state index is 12.8. The van der Waals surface area contributed by atoms with E-state index in [-0.39, 0.29) is 10.8 Å². The summed E-state index contributed by atoms with van der Waals surface area (Å²) in [6, 6.07) is 3.98. The molecule has 4 nitrogen and oxygen atoms in total. The quantitative estimate of drug-likeness (QED) is 0.663. The number of hydrogen-bond donors (Lipinski definition) is 0. The third kappa shape index (κ3) is 5.37. The van der Waals surface area contributed by atoms with Crippen LogP contribution in [0, 0.1) is 0 Å². The van der Waals surface area contributed by atoms with Gasteiger partial charge in [-0.1, -0.05) is 13.3 Å². The molecule has 1 rings (SSSR count). The molecule has 1 heterocycles. The Balaban J connectivity index is 3.07. The molecule has 0 N–H and O–H groups in total. The van der Waals surface area contributed by atoms with Gasteiger partial charge in [0.25, 0.3) is 0 Å². The van der Waals surface area contributed by atoms with Gasteiger partial charge in [-0.3, -0.25) is 4.98 Å². The molecule has 0 spiro atoms. The first-order valence-electron chi connectivity index (χ1n) is 8.48. The Morgan fingerprint density at radius 2 is 1.96 bits per heavy atom. The molecule has 0 aliphatic carbocycles. The largest absolute Gasteiger partial charge is 0.597 e. The third-order valence-corrected chi connectivity index (χ3v) is 5.90. The van der Waals surface area contributed by atoms with Crippen molar-refractivity contribution < 1.29 is 9.29 Å². The van der Waals surface area contributed by atoms with E-state index in [1.165, 1.54) is 0 Å². The first kappa shape index (κ1) is 20.3. The summed E-state index contributed by atoms with van der Waals surface area (Å²) in [7, 11) is 1.68. The molecular weight excluding hydrogens is 308 g/mol. The van der Waals surface area contributed by atoms with E-state index in [1.54, 1.807) is 7.11 Å². The lowest BCUT2D eigenvalue weighted by atomic mass is 10.1. The molecule has 0 saturated heterocycles. The molecule has 1 aromatic rings. The first-order valence-corrected chi connectivity index (χ1v) is 9.59. The van der Waals surface area contributed by atoms with Crippen molar-refractivity contribution in [3.05, 3.63) is 23.5 Å². The zero-order valence-corrected chi connectivity index (χ0v) is 16.5. The third-order valence-electron chi connectivity index (χ3n) is 3.85. The number of methoxy groups -OCH3 is 1. The van der Waals surface area contributed by atoms with Gasteiger partial charge in [0.1, 0.15) is 10.5 Å². The summed E-state index contributed by atoms with van der Waals surface area (Å²) < 4.78 is 19.9. The van der Waals surface area contributed by atoms with E-state index in [0.717, 1.165) is 42.9 Å². The lowest BCUT2D eigenvalue weighted by Crippen LogP contribution is -2.44. The Morgan fingerprint density at radius 1 is 1.30 bits per heavy atom. The van der Waals surface area contributed by atoms with Crippen LogP contribution in [-0.2, 0) is 17.8 Å². The predicted molar refractivity (Wildman–Crippen MR) is 98.1 cm³/mol. The van der Waals surface area contributed by atoms with Gasteiger partial charge in [0, 0.05) is 17.9 Å². The number of aromatic nitrogens is 1. The van der Waals surface area contributed by atoms with Crippen LogP contribution in [0.25, 0.3) is 0 Å². The first-order chi connectivity index (χ1) is 10.8. The smallest absolute Gasteiger partial charge is 0.140 e. The lowest BCUT2D eigenvalue weighted by molar-refractivity contribution is 0.337. The van der Waals surface area contributed by atoms with E-state index in [4.69, 9.17) is 9.72 Å². The molecule has 0 saturated carbocycles. The van der Waals surface area contributed by atoms with Crippen LogP contribution in [0.2, 0.25) is 0 Å². The standard InChI is InChI=1S/C18H32N2O2S/c1-8-10-11-16-17(22-7)13-12-15(19-16)14(3)20(9-2)23(21)18(4,5)6/h12-14H,8-11H2,1-7H3/t14-,23-/m1/s1. The molecule has 2 atom stereocenters. The normalized spacial score (nSPS) is 14.8. The van der Waals surface area contributed by atoms with Crippen LogP contribution in [-0.4, -0.2) is 32.2 Å². The van der Waals surface area contributed by atoms with Crippen LogP contribution in [0.3, 0.4) is 0 Å². The minimum Gasteiger partial charge on any atom is -0.597 e. The molecule has 132 valence electrons. The molecule has 0 unspecified atom stereocenters. The van der Waals surface area contributed by atoms with Crippen molar-refractivity contribution in [1.29, 1.82) is 0 Å². The van der Waals surface area contributed by atoms with Crippen molar-refractivity contribution in [2.75, 3.05) is 13.7 Å². The highest BCUT2D eigenvalue weighted by Crippen LogP contribution is 2.30. The van der Waals surface area contributed by atoms with Crippen LogP contribution in [0.1, 0.15) is 71.8 Å². The van der Waals surface area contributed by atoms with Gasteiger partial charge < -0.3 is 9.29 Å². The van der Waals surface area contributed by atoms with Crippen LogP contribution < -0.4 is 4.74 Å². The van der Waals surface area contributed by atoms with Gasteiger partial charge in [-0.2, -0.15) is 0 Å². The highest BCUT2D eigenvalue weighted by Gasteiger charge is 2.36. The summed E-state index contributed by atoms with van der Waals surface area (Å²) in [5.74, 6) is 0.842. The monoisotopic (exact) mass is 340 g/mol. The fourth-order valence-electron chi connectivity index (χ4n) is 2.48. The van der Waals surface area contributed by atoms with Crippen molar-refractivity contribution in [1.82, 2.24) is 9.29 Å². The Labute approximate surface area is 144 Å². The zero-order chi connectivity index (χ0) is 17.6. The van der Waals surface area contributed by atoms with Crippen LogP contribution in [0.4, 0.5) is 0 Å². The van der Waals surface area contributed by atoms with Crippen LogP contribution in [0.15, 0.2) is 12.1 Å². The highest BCUT2D eigenvalue weighted by molar-refractivity contribution is 7.90. The Bertz CT molecular complexity index is 488. The summed E-state index contributed by atoms with van der Waals surface area (Å²) in [6.45, 7) is 13.0. The number of nitrogens with zero attached hydrogens (tertiary/aromatic N) is 2. The van der Waals surface area contributed by atoms with Gasteiger partial charge in [0.05, 0.1) is 24.5 Å². The lowest BCUT2D eigenvalue weighted by Gasteiger charge is -2.35. The molecule has 0 bridgehead atoms. The number of unbranched alkanes of at least 4 members (excludes halogenated alkanes) is 1. The second-order valence-corrected chi connectivity index (χ2v) is 8.95. The van der Waals surface area contributed by atoms with E-state index in [0.29, 0.717) is 0 Å². The summed E-state index contributed by atoms with van der Waals surface area (Å²) in [5.41, 5.74) is 1.95. The average molecular weight is 341 g/mol. The van der Waals surface area contributed by atoms with E-state index < -0.39 is 11.4 Å². The molecular formula is C18H32N2O2S. The van der Waals surface area contributed by atoms with Crippen molar-refractivity contribution in [3.63, 3.8) is 0 Å². The Hall–Kier alpha value is -0.780. The van der Waals surface area contributed by atoms with Gasteiger partial charge in [0.15, 0.2) is 0 Å². The minimum atomic E-state index is -1.06. The SMILES string of the molecule is CCCCc1nc([C@@H](C)N(CC)[S@+]([O-])C(C)(C)C)ccc1OC. The molecule has 0 aliphatic rings. The van der Waals surface area contributed by atoms with Crippen LogP contribution in [0.5, 0.6) is 5.75 Å². The second kappa shape index (κ2) is 8.90. The molecule has 1 aromatic heterocycles. The Kier molecular flexibility index (Phi) is 7.84. The van der Waals surface area contributed by atoms with Crippen LogP contribution >= 0.6 is 0 Å². The fourth-order valence-corrected chi connectivity index (χ4v) is 3.81. The molecule has 0 radical (unpaired) electrons. The molecule has 23 heavy (non-hydrogen) atoms. The Morgan fingerprint density at radius 3 is 2.43 bits per heavy atom. The summed E-state index contributed by atoms with van der Waals surface area (Å²) in [4.78, 5) is 4.81. The van der Waals surface area contributed by atoms with Gasteiger partial charge in [0.2, 0.25) is 0 Å². The van der Waals surface area contributed by atoms with Gasteiger partial charge in [-0.15, -0.1) is 4.31 Å². The minimum absolute atomic E-state index is 0.00587. The van der Waals surface area contributed by atoms with Gasteiger partial charge >= 0.3 is 0 Å². The van der Waals surface area contributed by atoms with Gasteiger partial charge in [-0.05, 0) is 59.6 Å². The summed E-state index contributed by atoms with van der Waals surface area (Å²) in [5, 5.41) is 0. The number of aryl methyl sites for hydroxylation is 1. The number of hydrogen-bond acceptors (Lipinski definition) is 4. The van der Waals surface area contributed by atoms with Crippen molar-refractivity contribution in [2.24, 2.45) is 0 Å². The highest BCUT2D eigenvalue weighted by atomic mass is 32.2. The molecule has 5 heteroatoms. The van der Waals surface area contributed by atoms with Gasteiger partial charge in [-0.25, -0.2) is 0 Å². The maximum Gasteiger partial charge on any atom is 0.140 e. The van der Waals surface area contributed by atoms with E-state index >= 15 is 0 Å². The van der Waals surface area contributed by atoms with E-state index in [1.807, 2.05) is 44.1 Å². The molecule has 0 amide bonds. The molecule has 0 fully saturated rings. The number of ether oxygens (including phenoxy) is 1. The maximum atomic E-state index is 12.8. The zero-order valence-electron chi connectivity index (χ0n) is 15.7. The average Bonchev–Trinajstić information content (AvgIpc) is 2.52. The van der Waals surface area contributed by atoms with E-state index in [2.05, 4.69) is 13.8 Å². The number of pyridine rings is 1.